The Hall–Kier alpha value is -1.57. The molecule has 21 heavy (non-hydrogen) atoms. The third-order valence-electron chi connectivity index (χ3n) is 3.16. The highest BCUT2D eigenvalue weighted by molar-refractivity contribution is 9.10. The Balaban J connectivity index is 1.76. The number of halogens is 2. The van der Waals surface area contributed by atoms with Crippen LogP contribution in [0.25, 0.3) is 0 Å². The first kappa shape index (κ1) is 14.4. The molecule has 2 aromatic rings. The second-order valence-corrected chi connectivity index (χ2v) is 5.57. The molecule has 0 aliphatic carbocycles. The van der Waals surface area contributed by atoms with E-state index in [1.54, 1.807) is 18.5 Å². The van der Waals surface area contributed by atoms with Crippen molar-refractivity contribution < 1.29 is 9.13 Å². The number of nitrogens with one attached hydrogen (secondary N) is 2. The largest absolute Gasteiger partial charge is 0.371 e. The highest BCUT2D eigenvalue weighted by Crippen LogP contribution is 2.25. The van der Waals surface area contributed by atoms with Gasteiger partial charge in [0.25, 0.3) is 0 Å². The fourth-order valence-corrected chi connectivity index (χ4v) is 2.31. The number of nitrogens with zero attached hydrogens (tertiary/aromatic N) is 2. The zero-order valence-electron chi connectivity index (χ0n) is 11.1. The van der Waals surface area contributed by atoms with Crippen LogP contribution in [0.15, 0.2) is 35.1 Å². The summed E-state index contributed by atoms with van der Waals surface area (Å²) in [5.41, 5.74) is 1.16. The van der Waals surface area contributed by atoms with Crippen molar-refractivity contribution in [2.45, 2.75) is 6.10 Å². The van der Waals surface area contributed by atoms with Crippen molar-refractivity contribution in [2.24, 2.45) is 0 Å². The molecule has 0 bridgehead atoms. The SMILES string of the molecule is Fc1cc([C@H]2CNCCO2)ccc1Nc1ncc(Br)cn1. The Morgan fingerprint density at radius 1 is 1.33 bits per heavy atom. The molecule has 1 aromatic heterocycles. The van der Waals surface area contributed by atoms with E-state index < -0.39 is 0 Å². The molecule has 1 aliphatic heterocycles. The first-order valence-electron chi connectivity index (χ1n) is 6.59. The van der Waals surface area contributed by atoms with Gasteiger partial charge < -0.3 is 15.4 Å². The van der Waals surface area contributed by atoms with Gasteiger partial charge in [0.1, 0.15) is 5.82 Å². The lowest BCUT2D eigenvalue weighted by Crippen LogP contribution is -2.33. The highest BCUT2D eigenvalue weighted by atomic mass is 79.9. The van der Waals surface area contributed by atoms with E-state index in [4.69, 9.17) is 4.74 Å². The van der Waals surface area contributed by atoms with E-state index in [1.165, 1.54) is 6.07 Å². The molecule has 1 aliphatic rings. The maximum Gasteiger partial charge on any atom is 0.227 e. The lowest BCUT2D eigenvalue weighted by molar-refractivity contribution is 0.0275. The molecule has 0 saturated carbocycles. The van der Waals surface area contributed by atoms with Crippen LogP contribution in [0, 0.1) is 5.82 Å². The molecule has 2 heterocycles. The van der Waals surface area contributed by atoms with Crippen LogP contribution in [0.5, 0.6) is 0 Å². The van der Waals surface area contributed by atoms with Gasteiger partial charge in [0, 0.05) is 25.5 Å². The topological polar surface area (TPSA) is 59.1 Å². The van der Waals surface area contributed by atoms with Gasteiger partial charge in [-0.3, -0.25) is 0 Å². The predicted molar refractivity (Wildman–Crippen MR) is 81.0 cm³/mol. The number of aromatic nitrogens is 2. The lowest BCUT2D eigenvalue weighted by atomic mass is 10.1. The Morgan fingerprint density at radius 2 is 2.14 bits per heavy atom. The van der Waals surface area contributed by atoms with Gasteiger partial charge in [-0.05, 0) is 33.6 Å². The number of morpholine rings is 1. The van der Waals surface area contributed by atoms with Gasteiger partial charge in [0.15, 0.2) is 0 Å². The minimum absolute atomic E-state index is 0.105. The van der Waals surface area contributed by atoms with Crippen molar-refractivity contribution in [2.75, 3.05) is 25.0 Å². The smallest absolute Gasteiger partial charge is 0.227 e. The molecule has 0 spiro atoms. The molecular weight excluding hydrogens is 339 g/mol. The van der Waals surface area contributed by atoms with Gasteiger partial charge in [-0.15, -0.1) is 0 Å². The summed E-state index contributed by atoms with van der Waals surface area (Å²) >= 11 is 3.25. The Bertz CT molecular complexity index is 617. The quantitative estimate of drug-likeness (QED) is 0.889. The van der Waals surface area contributed by atoms with E-state index in [0.717, 1.165) is 16.6 Å². The maximum atomic E-state index is 14.2. The van der Waals surface area contributed by atoms with E-state index in [0.29, 0.717) is 24.8 Å². The van der Waals surface area contributed by atoms with Crippen LogP contribution in [-0.4, -0.2) is 29.7 Å². The first-order valence-corrected chi connectivity index (χ1v) is 7.38. The summed E-state index contributed by atoms with van der Waals surface area (Å²) in [6.45, 7) is 2.17. The molecule has 3 rings (SSSR count). The molecule has 1 fully saturated rings. The third kappa shape index (κ3) is 3.55. The summed E-state index contributed by atoms with van der Waals surface area (Å²) in [4.78, 5) is 8.11. The van der Waals surface area contributed by atoms with Gasteiger partial charge >= 0.3 is 0 Å². The van der Waals surface area contributed by atoms with Crippen molar-refractivity contribution in [3.8, 4) is 0 Å². The van der Waals surface area contributed by atoms with Crippen LogP contribution in [-0.2, 0) is 4.74 Å². The fourth-order valence-electron chi connectivity index (χ4n) is 2.11. The summed E-state index contributed by atoms with van der Waals surface area (Å²) in [5.74, 6) is -0.00590. The fraction of sp³-hybridized carbons (Fsp3) is 0.286. The van der Waals surface area contributed by atoms with Crippen LogP contribution >= 0.6 is 15.9 Å². The molecule has 1 atom stereocenters. The third-order valence-corrected chi connectivity index (χ3v) is 3.57. The average molecular weight is 353 g/mol. The highest BCUT2D eigenvalue weighted by Gasteiger charge is 2.17. The predicted octanol–water partition coefficient (Wildman–Crippen LogP) is 2.78. The lowest BCUT2D eigenvalue weighted by Gasteiger charge is -2.24. The average Bonchev–Trinajstić information content (AvgIpc) is 2.52. The molecule has 0 amide bonds. The number of hydrogen-bond donors (Lipinski definition) is 2. The van der Waals surface area contributed by atoms with Crippen molar-refractivity contribution >= 4 is 27.6 Å². The Kier molecular flexibility index (Phi) is 4.42. The van der Waals surface area contributed by atoms with Crippen LogP contribution in [0.1, 0.15) is 11.7 Å². The summed E-state index contributed by atoms with van der Waals surface area (Å²) in [7, 11) is 0. The zero-order valence-corrected chi connectivity index (χ0v) is 12.7. The summed E-state index contributed by atoms with van der Waals surface area (Å²) in [5, 5.41) is 6.08. The maximum absolute atomic E-state index is 14.2. The van der Waals surface area contributed by atoms with Gasteiger partial charge in [-0.25, -0.2) is 14.4 Å². The monoisotopic (exact) mass is 352 g/mol. The van der Waals surface area contributed by atoms with Crippen molar-refractivity contribution in [1.29, 1.82) is 0 Å². The summed E-state index contributed by atoms with van der Waals surface area (Å²) in [6.07, 6.45) is 3.10. The second-order valence-electron chi connectivity index (χ2n) is 4.65. The Labute approximate surface area is 130 Å². The van der Waals surface area contributed by atoms with Crippen LogP contribution in [0.2, 0.25) is 0 Å². The van der Waals surface area contributed by atoms with Crippen LogP contribution in [0.3, 0.4) is 0 Å². The van der Waals surface area contributed by atoms with Crippen molar-refractivity contribution in [3.05, 3.63) is 46.4 Å². The minimum Gasteiger partial charge on any atom is -0.371 e. The molecule has 110 valence electrons. The Morgan fingerprint density at radius 3 is 2.81 bits per heavy atom. The minimum atomic E-state index is -0.354. The number of anilines is 2. The van der Waals surface area contributed by atoms with Crippen LogP contribution in [0.4, 0.5) is 16.0 Å². The standard InChI is InChI=1S/C14H14BrFN4O/c15-10-6-18-14(19-7-10)20-12-2-1-9(5-11(12)16)13-8-17-3-4-21-13/h1-2,5-7,13,17H,3-4,8H2,(H,18,19,20)/t13-/m1/s1. The van der Waals surface area contributed by atoms with E-state index in [2.05, 4.69) is 36.5 Å². The molecule has 0 unspecified atom stereocenters. The number of ether oxygens (including phenoxy) is 1. The van der Waals surface area contributed by atoms with Gasteiger partial charge in [-0.2, -0.15) is 0 Å². The van der Waals surface area contributed by atoms with E-state index in [1.807, 2.05) is 6.07 Å². The van der Waals surface area contributed by atoms with Crippen molar-refractivity contribution in [3.63, 3.8) is 0 Å². The van der Waals surface area contributed by atoms with Crippen molar-refractivity contribution in [1.82, 2.24) is 15.3 Å². The number of benzene rings is 1. The summed E-state index contributed by atoms with van der Waals surface area (Å²) < 4.78 is 20.5. The molecular formula is C14H14BrFN4O. The molecule has 0 radical (unpaired) electrons. The van der Waals surface area contributed by atoms with E-state index in [-0.39, 0.29) is 11.9 Å². The van der Waals surface area contributed by atoms with Gasteiger partial charge in [-0.1, -0.05) is 6.07 Å². The molecule has 7 heteroatoms. The van der Waals surface area contributed by atoms with E-state index in [9.17, 15) is 4.39 Å². The van der Waals surface area contributed by atoms with Gasteiger partial charge in [0.2, 0.25) is 5.95 Å². The number of hydrogen-bond acceptors (Lipinski definition) is 5. The molecule has 1 saturated heterocycles. The molecule has 1 aromatic carbocycles. The zero-order chi connectivity index (χ0) is 14.7. The summed E-state index contributed by atoms with van der Waals surface area (Å²) in [6, 6.07) is 5.01. The van der Waals surface area contributed by atoms with Gasteiger partial charge in [0.05, 0.1) is 22.9 Å². The van der Waals surface area contributed by atoms with E-state index >= 15 is 0 Å². The number of rotatable bonds is 3. The second kappa shape index (κ2) is 6.46. The van der Waals surface area contributed by atoms with Crippen LogP contribution < -0.4 is 10.6 Å². The first-order chi connectivity index (χ1) is 10.2. The normalized spacial score (nSPS) is 18.5. The molecule has 5 nitrogen and oxygen atoms in total. The molecule has 2 N–H and O–H groups in total.